The Morgan fingerprint density at radius 2 is 2.21 bits per heavy atom. The molecule has 0 fully saturated rings. The van der Waals surface area contributed by atoms with Crippen LogP contribution >= 0.6 is 27.3 Å². The average molecular weight is 344 g/mol. The molecular weight excluding hydrogens is 333 g/mol. The molecule has 6 heteroatoms. The number of rotatable bonds is 4. The maximum absolute atomic E-state index is 13.6. The lowest BCUT2D eigenvalue weighted by Crippen LogP contribution is -2.21. The minimum absolute atomic E-state index is 0.266. The number of carbonyl (C=O) groups excluding carboxylic acids is 1. The van der Waals surface area contributed by atoms with Gasteiger partial charge in [-0.3, -0.25) is 0 Å². The van der Waals surface area contributed by atoms with Crippen LogP contribution in [-0.4, -0.2) is 13.1 Å². The molecule has 0 radical (unpaired) electrons. The fraction of sp³-hybridized carbons (Fsp3) is 0.154. The molecule has 0 aliphatic carbocycles. The van der Waals surface area contributed by atoms with E-state index in [-0.39, 0.29) is 5.69 Å². The normalized spacial score (nSPS) is 11.9. The molecule has 0 aliphatic rings. The summed E-state index contributed by atoms with van der Waals surface area (Å²) >= 11 is 4.72. The van der Waals surface area contributed by atoms with Crippen LogP contribution in [0.2, 0.25) is 0 Å². The Balaban J connectivity index is 2.29. The summed E-state index contributed by atoms with van der Waals surface area (Å²) in [5.74, 6) is -0.871. The van der Waals surface area contributed by atoms with Crippen molar-refractivity contribution in [3.05, 3.63) is 50.9 Å². The van der Waals surface area contributed by atoms with Gasteiger partial charge in [0.25, 0.3) is 0 Å². The van der Waals surface area contributed by atoms with Crippen molar-refractivity contribution in [3.63, 3.8) is 0 Å². The number of thiophene rings is 1. The summed E-state index contributed by atoms with van der Waals surface area (Å²) in [5, 5.41) is 4.72. The van der Waals surface area contributed by atoms with E-state index in [0.717, 1.165) is 9.35 Å². The average Bonchev–Trinajstić information content (AvgIpc) is 2.83. The van der Waals surface area contributed by atoms with Crippen molar-refractivity contribution in [3.8, 4) is 0 Å². The number of halogens is 2. The van der Waals surface area contributed by atoms with Crippen LogP contribution in [0.5, 0.6) is 0 Å². The van der Waals surface area contributed by atoms with E-state index >= 15 is 0 Å². The second-order valence-electron chi connectivity index (χ2n) is 3.75. The quantitative estimate of drug-likeness (QED) is 0.853. The van der Waals surface area contributed by atoms with Crippen molar-refractivity contribution < 1.29 is 13.9 Å². The van der Waals surface area contributed by atoms with Crippen LogP contribution < -0.4 is 5.32 Å². The number of carbonyl (C=O) groups is 1. The fourth-order valence-electron chi connectivity index (χ4n) is 1.58. The molecule has 1 heterocycles. The minimum atomic E-state index is -0.724. The zero-order valence-electron chi connectivity index (χ0n) is 10.0. The number of para-hydroxylation sites is 1. The van der Waals surface area contributed by atoms with Crippen LogP contribution in [0, 0.1) is 5.82 Å². The highest BCUT2D eigenvalue weighted by atomic mass is 79.9. The summed E-state index contributed by atoms with van der Waals surface area (Å²) in [5.41, 5.74) is 0.266. The first-order valence-electron chi connectivity index (χ1n) is 5.44. The van der Waals surface area contributed by atoms with Crippen LogP contribution in [0.25, 0.3) is 0 Å². The molecule has 0 bridgehead atoms. The van der Waals surface area contributed by atoms with Gasteiger partial charge in [-0.2, -0.15) is 0 Å². The Labute approximate surface area is 122 Å². The molecule has 1 aromatic heterocycles. The third kappa shape index (κ3) is 3.33. The van der Waals surface area contributed by atoms with E-state index in [0.29, 0.717) is 0 Å². The summed E-state index contributed by atoms with van der Waals surface area (Å²) in [7, 11) is 1.31. The molecule has 0 amide bonds. The molecule has 0 aliphatic heterocycles. The van der Waals surface area contributed by atoms with Gasteiger partial charge in [-0.1, -0.05) is 12.1 Å². The van der Waals surface area contributed by atoms with Crippen molar-refractivity contribution in [2.45, 2.75) is 6.04 Å². The predicted molar refractivity (Wildman–Crippen MR) is 76.8 cm³/mol. The summed E-state index contributed by atoms with van der Waals surface area (Å²) in [6, 6.07) is 7.28. The summed E-state index contributed by atoms with van der Waals surface area (Å²) < 4.78 is 19.2. The molecule has 2 aromatic rings. The first-order valence-corrected chi connectivity index (χ1v) is 7.12. The Kier molecular flexibility index (Phi) is 4.55. The summed E-state index contributed by atoms with van der Waals surface area (Å²) in [6.45, 7) is 0. The number of nitrogens with one attached hydrogen (secondary N) is 1. The second kappa shape index (κ2) is 6.16. The van der Waals surface area contributed by atoms with Crippen molar-refractivity contribution in [1.82, 2.24) is 0 Å². The fourth-order valence-corrected chi connectivity index (χ4v) is 3.06. The minimum Gasteiger partial charge on any atom is -0.467 e. The van der Waals surface area contributed by atoms with Crippen molar-refractivity contribution >= 4 is 38.9 Å². The SMILES string of the molecule is COC(=O)C(Nc1ccccc1F)c1cc(Br)cs1. The largest absolute Gasteiger partial charge is 0.467 e. The van der Waals surface area contributed by atoms with Gasteiger partial charge in [0.05, 0.1) is 12.8 Å². The van der Waals surface area contributed by atoms with Gasteiger partial charge in [-0.05, 0) is 34.1 Å². The Bertz CT molecular complexity index is 588. The van der Waals surface area contributed by atoms with Crippen LogP contribution in [0.4, 0.5) is 10.1 Å². The molecule has 0 saturated carbocycles. The highest BCUT2D eigenvalue weighted by Gasteiger charge is 2.23. The van der Waals surface area contributed by atoms with E-state index in [1.54, 1.807) is 24.3 Å². The van der Waals surface area contributed by atoms with Gasteiger partial charge < -0.3 is 10.1 Å². The molecule has 2 rings (SSSR count). The number of esters is 1. The van der Waals surface area contributed by atoms with Gasteiger partial charge in [0, 0.05) is 14.7 Å². The van der Waals surface area contributed by atoms with Crippen LogP contribution in [0.3, 0.4) is 0 Å². The number of anilines is 1. The first-order chi connectivity index (χ1) is 9.11. The van der Waals surface area contributed by atoms with Crippen LogP contribution in [0.1, 0.15) is 10.9 Å². The third-order valence-corrected chi connectivity index (χ3v) is 4.24. The van der Waals surface area contributed by atoms with Crippen molar-refractivity contribution in [2.75, 3.05) is 12.4 Å². The number of methoxy groups -OCH3 is 1. The molecular formula is C13H11BrFNO2S. The third-order valence-electron chi connectivity index (χ3n) is 2.48. The number of benzene rings is 1. The Hall–Kier alpha value is -1.40. The van der Waals surface area contributed by atoms with Crippen LogP contribution in [-0.2, 0) is 9.53 Å². The molecule has 1 atom stereocenters. The van der Waals surface area contributed by atoms with E-state index in [9.17, 15) is 9.18 Å². The van der Waals surface area contributed by atoms with E-state index in [4.69, 9.17) is 4.74 Å². The number of hydrogen-bond donors (Lipinski definition) is 1. The molecule has 19 heavy (non-hydrogen) atoms. The number of hydrogen-bond acceptors (Lipinski definition) is 4. The lowest BCUT2D eigenvalue weighted by molar-refractivity contribution is -0.141. The van der Waals surface area contributed by atoms with E-state index < -0.39 is 17.8 Å². The predicted octanol–water partition coefficient (Wildman–Crippen LogP) is 3.98. The summed E-state index contributed by atoms with van der Waals surface area (Å²) in [6.07, 6.45) is 0. The van der Waals surface area contributed by atoms with E-state index in [1.165, 1.54) is 24.5 Å². The molecule has 0 saturated heterocycles. The Morgan fingerprint density at radius 1 is 1.47 bits per heavy atom. The van der Waals surface area contributed by atoms with Gasteiger partial charge in [0.1, 0.15) is 5.82 Å². The standard InChI is InChI=1S/C13H11BrFNO2S/c1-18-13(17)12(11-6-8(14)7-19-11)16-10-5-3-2-4-9(10)15/h2-7,12,16H,1H3. The van der Waals surface area contributed by atoms with Crippen molar-refractivity contribution in [2.24, 2.45) is 0 Å². The monoisotopic (exact) mass is 343 g/mol. The highest BCUT2D eigenvalue weighted by molar-refractivity contribution is 9.10. The maximum atomic E-state index is 13.6. The molecule has 1 aromatic carbocycles. The number of ether oxygens (including phenoxy) is 1. The van der Waals surface area contributed by atoms with Gasteiger partial charge in [-0.15, -0.1) is 11.3 Å². The second-order valence-corrected chi connectivity index (χ2v) is 5.61. The summed E-state index contributed by atoms with van der Waals surface area (Å²) in [4.78, 5) is 12.6. The zero-order chi connectivity index (χ0) is 13.8. The van der Waals surface area contributed by atoms with Crippen LogP contribution in [0.15, 0.2) is 40.2 Å². The lowest BCUT2D eigenvalue weighted by Gasteiger charge is -2.16. The van der Waals surface area contributed by atoms with Gasteiger partial charge in [-0.25, -0.2) is 9.18 Å². The van der Waals surface area contributed by atoms with E-state index in [1.807, 2.05) is 5.38 Å². The van der Waals surface area contributed by atoms with Crippen molar-refractivity contribution in [1.29, 1.82) is 0 Å². The van der Waals surface area contributed by atoms with Gasteiger partial charge >= 0.3 is 5.97 Å². The molecule has 3 nitrogen and oxygen atoms in total. The highest BCUT2D eigenvalue weighted by Crippen LogP contribution is 2.29. The topological polar surface area (TPSA) is 38.3 Å². The zero-order valence-corrected chi connectivity index (χ0v) is 12.4. The molecule has 100 valence electrons. The Morgan fingerprint density at radius 3 is 2.79 bits per heavy atom. The first kappa shape index (κ1) is 14.0. The molecule has 1 unspecified atom stereocenters. The lowest BCUT2D eigenvalue weighted by atomic mass is 10.2. The van der Waals surface area contributed by atoms with Gasteiger partial charge in [0.15, 0.2) is 6.04 Å². The maximum Gasteiger partial charge on any atom is 0.333 e. The molecule has 0 spiro atoms. The van der Waals surface area contributed by atoms with E-state index in [2.05, 4.69) is 21.2 Å². The van der Waals surface area contributed by atoms with Gasteiger partial charge in [0.2, 0.25) is 0 Å². The smallest absolute Gasteiger partial charge is 0.333 e. The molecule has 1 N–H and O–H groups in total.